The van der Waals surface area contributed by atoms with Crippen LogP contribution in [0.3, 0.4) is 0 Å². The van der Waals surface area contributed by atoms with Crippen LogP contribution in [0.5, 0.6) is 0 Å². The van der Waals surface area contributed by atoms with Gasteiger partial charge >= 0.3 is 5.97 Å². The second-order valence-corrected chi connectivity index (χ2v) is 1.98. The smallest absolute Gasteiger partial charge is 0.356 e. The first-order valence-electron chi connectivity index (χ1n) is 2.63. The number of hydrogen-bond acceptors (Lipinski definition) is 3. The number of rotatable bonds is 0. The molecule has 0 aliphatic carbocycles. The maximum Gasteiger partial charge on any atom is 0.356 e. The van der Waals surface area contributed by atoms with Crippen LogP contribution in [0.25, 0.3) is 0 Å². The molecule has 0 atom stereocenters. The lowest BCUT2D eigenvalue weighted by molar-refractivity contribution is -0.130. The number of hydrogen-bond donors (Lipinski definition) is 0. The fourth-order valence-corrected chi connectivity index (χ4v) is 0.490. The van der Waals surface area contributed by atoms with Crippen molar-refractivity contribution in [1.82, 2.24) is 0 Å². The molecule has 0 amide bonds. The molecule has 1 aliphatic heterocycles. The predicted molar refractivity (Wildman–Crippen MR) is 33.0 cm³/mol. The Bertz CT molecular complexity index is 199. The minimum absolute atomic E-state index is 0.383. The van der Waals surface area contributed by atoms with Crippen molar-refractivity contribution < 1.29 is 9.53 Å². The van der Waals surface area contributed by atoms with Crippen molar-refractivity contribution in [3.05, 3.63) is 11.5 Å². The van der Waals surface area contributed by atoms with Gasteiger partial charge in [0.25, 0.3) is 0 Å². The maximum atomic E-state index is 10.4. The van der Waals surface area contributed by atoms with E-state index >= 15 is 0 Å². The molecule has 48 valence electrons. The number of carbonyl (C=O) groups excluding carboxylic acids is 1. The van der Waals surface area contributed by atoms with Crippen LogP contribution in [-0.4, -0.2) is 12.2 Å². The van der Waals surface area contributed by atoms with E-state index in [0.717, 1.165) is 5.57 Å². The lowest BCUT2D eigenvalue weighted by Crippen LogP contribution is -1.94. The molecule has 0 saturated carbocycles. The molecule has 3 nitrogen and oxygen atoms in total. The lowest BCUT2D eigenvalue weighted by atomic mass is 10.4. The molecule has 3 heteroatoms. The van der Waals surface area contributed by atoms with Crippen LogP contribution < -0.4 is 0 Å². The van der Waals surface area contributed by atoms with Gasteiger partial charge in [-0.3, -0.25) is 0 Å². The molecule has 0 radical (unpaired) electrons. The van der Waals surface area contributed by atoms with Crippen LogP contribution >= 0.6 is 0 Å². The zero-order valence-corrected chi connectivity index (χ0v) is 5.34. The second-order valence-electron chi connectivity index (χ2n) is 1.98. The third-order valence-corrected chi connectivity index (χ3v) is 0.912. The highest BCUT2D eigenvalue weighted by Crippen LogP contribution is 2.10. The van der Waals surface area contributed by atoms with Crippen LogP contribution in [0.15, 0.2) is 16.4 Å². The van der Waals surface area contributed by atoms with Crippen molar-refractivity contribution in [2.45, 2.75) is 13.8 Å². The quantitative estimate of drug-likeness (QED) is 0.450. The summed E-state index contributed by atoms with van der Waals surface area (Å²) >= 11 is 0. The van der Waals surface area contributed by atoms with Crippen molar-refractivity contribution in [3.8, 4) is 0 Å². The highest BCUT2D eigenvalue weighted by molar-refractivity contribution is 6.25. The van der Waals surface area contributed by atoms with Crippen LogP contribution in [-0.2, 0) is 9.53 Å². The summed E-state index contributed by atoms with van der Waals surface area (Å²) in [6.45, 7) is 3.68. The van der Waals surface area contributed by atoms with Crippen LogP contribution in [0.1, 0.15) is 13.8 Å². The van der Waals surface area contributed by atoms with Gasteiger partial charge in [0.2, 0.25) is 5.88 Å². The minimum Gasteiger partial charge on any atom is -0.403 e. The van der Waals surface area contributed by atoms with E-state index in [4.69, 9.17) is 0 Å². The number of ether oxygens (including phenoxy) is 1. The second kappa shape index (κ2) is 2.01. The van der Waals surface area contributed by atoms with Gasteiger partial charge in [0.15, 0.2) is 0 Å². The Balaban J connectivity index is 2.83. The fourth-order valence-electron chi connectivity index (χ4n) is 0.490. The number of carbonyl (C=O) groups is 1. The van der Waals surface area contributed by atoms with Gasteiger partial charge in [-0.15, -0.1) is 0 Å². The third kappa shape index (κ3) is 1.16. The maximum absolute atomic E-state index is 10.4. The molecular weight excluding hydrogens is 118 g/mol. The predicted octanol–water partition coefficient (Wildman–Crippen LogP) is 0.865. The minimum atomic E-state index is -0.383. The molecule has 0 fully saturated rings. The Morgan fingerprint density at radius 3 is 2.56 bits per heavy atom. The van der Waals surface area contributed by atoms with Gasteiger partial charge in [-0.1, -0.05) is 0 Å². The van der Waals surface area contributed by atoms with Crippen molar-refractivity contribution in [2.24, 2.45) is 4.99 Å². The van der Waals surface area contributed by atoms with Crippen LogP contribution in [0.2, 0.25) is 0 Å². The normalized spacial score (nSPS) is 16.2. The molecule has 0 aromatic heterocycles. The van der Waals surface area contributed by atoms with Gasteiger partial charge in [-0.25, -0.2) is 9.79 Å². The van der Waals surface area contributed by atoms with Gasteiger partial charge in [0, 0.05) is 0 Å². The SMILES string of the molecule is CC(C)=C1N=CC(=O)O1. The van der Waals surface area contributed by atoms with Gasteiger partial charge in [-0.05, 0) is 19.4 Å². The van der Waals surface area contributed by atoms with E-state index in [1.807, 2.05) is 13.8 Å². The van der Waals surface area contributed by atoms with Gasteiger partial charge in [0.1, 0.15) is 6.21 Å². The van der Waals surface area contributed by atoms with Crippen molar-refractivity contribution in [1.29, 1.82) is 0 Å². The van der Waals surface area contributed by atoms with Crippen molar-refractivity contribution in [3.63, 3.8) is 0 Å². The Morgan fingerprint density at radius 2 is 2.33 bits per heavy atom. The molecule has 0 bridgehead atoms. The molecular formula is C6H7NO2. The first-order valence-corrected chi connectivity index (χ1v) is 2.63. The van der Waals surface area contributed by atoms with Crippen molar-refractivity contribution in [2.75, 3.05) is 0 Å². The van der Waals surface area contributed by atoms with E-state index in [2.05, 4.69) is 9.73 Å². The van der Waals surface area contributed by atoms with Crippen molar-refractivity contribution >= 4 is 12.2 Å². The Kier molecular flexibility index (Phi) is 1.34. The highest BCUT2D eigenvalue weighted by atomic mass is 16.6. The molecule has 1 rings (SSSR count). The Morgan fingerprint density at radius 1 is 1.67 bits per heavy atom. The fraction of sp³-hybridized carbons (Fsp3) is 0.333. The van der Waals surface area contributed by atoms with Crippen LogP contribution in [0, 0.1) is 0 Å². The molecule has 0 unspecified atom stereocenters. The summed E-state index contributed by atoms with van der Waals surface area (Å²) in [6, 6.07) is 0. The standard InChI is InChI=1S/C6H7NO2/c1-4(2)6-7-3-5(8)9-6/h3H,1-2H3. The average molecular weight is 125 g/mol. The summed E-state index contributed by atoms with van der Waals surface area (Å²) in [4.78, 5) is 14.1. The first-order chi connectivity index (χ1) is 4.20. The Hall–Kier alpha value is -1.12. The molecule has 1 aliphatic rings. The summed E-state index contributed by atoms with van der Waals surface area (Å²) in [6.07, 6.45) is 1.17. The van der Waals surface area contributed by atoms with E-state index in [1.165, 1.54) is 6.21 Å². The number of cyclic esters (lactones) is 1. The number of allylic oxidation sites excluding steroid dienone is 1. The van der Waals surface area contributed by atoms with E-state index in [0.29, 0.717) is 5.88 Å². The summed E-state index contributed by atoms with van der Waals surface area (Å²) in [5.41, 5.74) is 0.914. The molecule has 0 saturated heterocycles. The number of esters is 1. The zero-order valence-electron chi connectivity index (χ0n) is 5.34. The third-order valence-electron chi connectivity index (χ3n) is 0.912. The molecule has 0 aromatic carbocycles. The number of aliphatic imine (C=N–C) groups is 1. The summed E-state index contributed by atoms with van der Waals surface area (Å²) in [5, 5.41) is 0. The molecule has 0 aromatic rings. The first kappa shape index (κ1) is 6.01. The van der Waals surface area contributed by atoms with E-state index < -0.39 is 0 Å². The molecule has 0 N–H and O–H groups in total. The molecule has 9 heavy (non-hydrogen) atoms. The van der Waals surface area contributed by atoms with Gasteiger partial charge in [-0.2, -0.15) is 0 Å². The number of nitrogens with zero attached hydrogens (tertiary/aromatic N) is 1. The highest BCUT2D eigenvalue weighted by Gasteiger charge is 2.11. The molecule has 0 spiro atoms. The van der Waals surface area contributed by atoms with Gasteiger partial charge in [0.05, 0.1) is 0 Å². The average Bonchev–Trinajstić information content (AvgIpc) is 2.14. The van der Waals surface area contributed by atoms with Gasteiger partial charge < -0.3 is 4.74 Å². The topological polar surface area (TPSA) is 38.7 Å². The van der Waals surface area contributed by atoms with E-state index in [-0.39, 0.29) is 5.97 Å². The lowest BCUT2D eigenvalue weighted by Gasteiger charge is -1.93. The Labute approximate surface area is 53.0 Å². The van der Waals surface area contributed by atoms with E-state index in [9.17, 15) is 4.79 Å². The monoisotopic (exact) mass is 125 g/mol. The van der Waals surface area contributed by atoms with E-state index in [1.54, 1.807) is 0 Å². The summed E-state index contributed by atoms with van der Waals surface area (Å²) in [7, 11) is 0. The largest absolute Gasteiger partial charge is 0.403 e. The summed E-state index contributed by atoms with van der Waals surface area (Å²) in [5.74, 6) is 0.0474. The van der Waals surface area contributed by atoms with Crippen LogP contribution in [0.4, 0.5) is 0 Å². The summed E-state index contributed by atoms with van der Waals surface area (Å²) < 4.78 is 4.64. The molecule has 1 heterocycles. The zero-order chi connectivity index (χ0) is 6.85.